The third kappa shape index (κ3) is 10.6. The van der Waals surface area contributed by atoms with E-state index in [-0.39, 0.29) is 34.1 Å². The highest BCUT2D eigenvalue weighted by molar-refractivity contribution is 5.95. The number of fused-ring (bicyclic) bond motifs is 1. The number of rotatable bonds is 16. The van der Waals surface area contributed by atoms with Gasteiger partial charge in [0.05, 0.1) is 35.5 Å². The highest BCUT2D eigenvalue weighted by Crippen LogP contribution is 2.28. The van der Waals surface area contributed by atoms with Crippen LogP contribution < -0.4 is 28.4 Å². The van der Waals surface area contributed by atoms with E-state index in [9.17, 15) is 19.2 Å². The quantitative estimate of drug-likeness (QED) is 0.0532. The predicted molar refractivity (Wildman–Crippen MR) is 210 cm³/mol. The van der Waals surface area contributed by atoms with Crippen LogP contribution in [0.15, 0.2) is 121 Å². The fourth-order valence-electron chi connectivity index (χ4n) is 5.48. The van der Waals surface area contributed by atoms with E-state index < -0.39 is 46.6 Å². The number of benzene rings is 6. The fourth-order valence-corrected chi connectivity index (χ4v) is 5.48. The van der Waals surface area contributed by atoms with Gasteiger partial charge in [-0.3, -0.25) is 0 Å². The van der Waals surface area contributed by atoms with Crippen molar-refractivity contribution in [2.75, 3.05) is 13.2 Å². The summed E-state index contributed by atoms with van der Waals surface area (Å²) in [6.45, 7) is 5.23. The minimum Gasteiger partial charge on any atom is -0.494 e. The van der Waals surface area contributed by atoms with E-state index in [2.05, 4.69) is 13.8 Å². The molecule has 296 valence electrons. The van der Waals surface area contributed by atoms with Gasteiger partial charge in [0.15, 0.2) is 0 Å². The summed E-state index contributed by atoms with van der Waals surface area (Å²) >= 11 is 0. The maximum atomic E-state index is 15.0. The third-order valence-electron chi connectivity index (χ3n) is 8.66. The molecular formula is C46H38F2O10. The minimum absolute atomic E-state index is 0.0606. The van der Waals surface area contributed by atoms with Crippen molar-refractivity contribution in [3.05, 3.63) is 155 Å². The van der Waals surface area contributed by atoms with Gasteiger partial charge in [0.25, 0.3) is 0 Å². The van der Waals surface area contributed by atoms with Crippen LogP contribution in [0.5, 0.6) is 34.5 Å². The zero-order valence-electron chi connectivity index (χ0n) is 31.6. The number of unbranched alkanes of at least 4 members (excludes halogenated alkanes) is 2. The normalized spacial score (nSPS) is 10.8. The Kier molecular flexibility index (Phi) is 13.4. The highest BCUT2D eigenvalue weighted by atomic mass is 19.1. The van der Waals surface area contributed by atoms with Gasteiger partial charge < -0.3 is 28.4 Å². The summed E-state index contributed by atoms with van der Waals surface area (Å²) in [5, 5.41) is 1.17. The Morgan fingerprint density at radius 1 is 0.414 bits per heavy atom. The minimum atomic E-state index is -1.01. The lowest BCUT2D eigenvalue weighted by molar-refractivity contribution is 0.0715. The van der Waals surface area contributed by atoms with Crippen LogP contribution in [0.4, 0.5) is 8.78 Å². The molecule has 0 aliphatic rings. The van der Waals surface area contributed by atoms with Crippen molar-refractivity contribution in [2.45, 2.75) is 39.5 Å². The second kappa shape index (κ2) is 19.2. The van der Waals surface area contributed by atoms with Crippen LogP contribution in [0.1, 0.15) is 81.0 Å². The fraction of sp³-hybridized carbons (Fsp3) is 0.174. The summed E-state index contributed by atoms with van der Waals surface area (Å²) in [6, 6.07) is 28.6. The summed E-state index contributed by atoms with van der Waals surface area (Å²) in [6.07, 6.45) is 3.79. The van der Waals surface area contributed by atoms with Crippen LogP contribution >= 0.6 is 0 Å². The summed E-state index contributed by atoms with van der Waals surface area (Å²) in [5.41, 5.74) is -0.343. The van der Waals surface area contributed by atoms with Crippen LogP contribution in [0, 0.1) is 11.6 Å². The predicted octanol–water partition coefficient (Wildman–Crippen LogP) is 10.4. The summed E-state index contributed by atoms with van der Waals surface area (Å²) < 4.78 is 62.7. The second-order valence-corrected chi connectivity index (χ2v) is 13.0. The van der Waals surface area contributed by atoms with Crippen molar-refractivity contribution in [3.8, 4) is 34.5 Å². The molecule has 0 bridgehead atoms. The first kappa shape index (κ1) is 40.6. The zero-order valence-corrected chi connectivity index (χ0v) is 31.6. The molecule has 0 radical (unpaired) electrons. The number of carbonyl (C=O) groups excluding carboxylic acids is 4. The molecule has 6 aromatic carbocycles. The molecule has 0 heterocycles. The highest BCUT2D eigenvalue weighted by Gasteiger charge is 2.19. The van der Waals surface area contributed by atoms with Gasteiger partial charge in [0.1, 0.15) is 46.1 Å². The number of hydrogen-bond donors (Lipinski definition) is 0. The standard InChI is InChI=1S/C46H38F2O10/c1-3-5-23-53-33-13-9-30(10-14-33)43(49)55-37-19-21-39(41(47)27-37)45(51)57-35-17-7-29-8-18-36(26-32(29)25-35)58-46(52)40-22-20-38(28-42(40)48)56-44(50)31-11-15-34(16-12-31)54-24-6-4-2/h7-22,25-28H,3-6,23-24H2,1-2H3. The molecule has 0 N–H and O–H groups in total. The summed E-state index contributed by atoms with van der Waals surface area (Å²) in [5.74, 6) is -4.28. The molecule has 10 nitrogen and oxygen atoms in total. The first-order chi connectivity index (χ1) is 28.1. The Morgan fingerprint density at radius 3 is 1.14 bits per heavy atom. The van der Waals surface area contributed by atoms with Gasteiger partial charge in [-0.2, -0.15) is 0 Å². The Balaban J connectivity index is 1.04. The number of carbonyl (C=O) groups is 4. The smallest absolute Gasteiger partial charge is 0.346 e. The second-order valence-electron chi connectivity index (χ2n) is 13.0. The summed E-state index contributed by atoms with van der Waals surface area (Å²) in [7, 11) is 0. The van der Waals surface area contributed by atoms with E-state index in [1.165, 1.54) is 60.7 Å². The van der Waals surface area contributed by atoms with E-state index in [0.29, 0.717) is 35.5 Å². The Morgan fingerprint density at radius 2 is 0.759 bits per heavy atom. The average molecular weight is 789 g/mol. The van der Waals surface area contributed by atoms with Crippen LogP contribution in [0.2, 0.25) is 0 Å². The number of ether oxygens (including phenoxy) is 6. The van der Waals surface area contributed by atoms with Gasteiger partial charge in [0, 0.05) is 12.1 Å². The van der Waals surface area contributed by atoms with Gasteiger partial charge in [-0.25, -0.2) is 28.0 Å². The molecular weight excluding hydrogens is 750 g/mol. The Bertz CT molecular complexity index is 2260. The number of esters is 4. The van der Waals surface area contributed by atoms with Gasteiger partial charge in [-0.1, -0.05) is 38.8 Å². The van der Waals surface area contributed by atoms with Crippen molar-refractivity contribution in [1.29, 1.82) is 0 Å². The van der Waals surface area contributed by atoms with E-state index in [1.54, 1.807) is 36.4 Å². The zero-order chi connectivity index (χ0) is 41.0. The topological polar surface area (TPSA) is 124 Å². The lowest BCUT2D eigenvalue weighted by Gasteiger charge is -2.10. The van der Waals surface area contributed by atoms with Crippen LogP contribution in [-0.2, 0) is 0 Å². The van der Waals surface area contributed by atoms with Crippen molar-refractivity contribution < 1.29 is 56.4 Å². The van der Waals surface area contributed by atoms with Gasteiger partial charge in [-0.05, 0) is 121 Å². The SMILES string of the molecule is CCCCOc1ccc(C(=O)Oc2ccc(C(=O)Oc3ccc4ccc(OC(=O)c5ccc(OC(=O)c6ccc(OCCCC)cc6)cc5F)cc4c3)c(F)c2)cc1. The molecule has 0 aliphatic heterocycles. The van der Waals surface area contributed by atoms with Crippen molar-refractivity contribution in [3.63, 3.8) is 0 Å². The summed E-state index contributed by atoms with van der Waals surface area (Å²) in [4.78, 5) is 51.1. The van der Waals surface area contributed by atoms with Crippen LogP contribution in [0.25, 0.3) is 10.8 Å². The molecule has 6 rings (SSSR count). The molecule has 12 heteroatoms. The lowest BCUT2D eigenvalue weighted by atomic mass is 10.1. The molecule has 6 aromatic rings. The molecule has 0 amide bonds. The Labute approximate surface area is 332 Å². The molecule has 0 atom stereocenters. The van der Waals surface area contributed by atoms with Crippen molar-refractivity contribution >= 4 is 34.6 Å². The van der Waals surface area contributed by atoms with E-state index in [1.807, 2.05) is 0 Å². The van der Waals surface area contributed by atoms with Crippen molar-refractivity contribution in [1.82, 2.24) is 0 Å². The van der Waals surface area contributed by atoms with Gasteiger partial charge in [0.2, 0.25) is 0 Å². The van der Waals surface area contributed by atoms with Crippen LogP contribution in [0.3, 0.4) is 0 Å². The molecule has 0 spiro atoms. The molecule has 0 unspecified atom stereocenters. The number of halogens is 2. The van der Waals surface area contributed by atoms with E-state index >= 15 is 8.78 Å². The largest absolute Gasteiger partial charge is 0.494 e. The van der Waals surface area contributed by atoms with E-state index in [4.69, 9.17) is 28.4 Å². The van der Waals surface area contributed by atoms with E-state index in [0.717, 1.165) is 49.9 Å². The van der Waals surface area contributed by atoms with Crippen molar-refractivity contribution in [2.24, 2.45) is 0 Å². The average Bonchev–Trinajstić information content (AvgIpc) is 3.21. The third-order valence-corrected chi connectivity index (χ3v) is 8.66. The van der Waals surface area contributed by atoms with Gasteiger partial charge >= 0.3 is 23.9 Å². The first-order valence-electron chi connectivity index (χ1n) is 18.6. The maximum absolute atomic E-state index is 15.0. The molecule has 0 aromatic heterocycles. The Hall–Kier alpha value is -7.08. The molecule has 0 fully saturated rings. The molecule has 58 heavy (non-hydrogen) atoms. The van der Waals surface area contributed by atoms with Crippen LogP contribution in [-0.4, -0.2) is 37.1 Å². The maximum Gasteiger partial charge on any atom is 0.346 e. The van der Waals surface area contributed by atoms with Gasteiger partial charge in [-0.15, -0.1) is 0 Å². The molecule has 0 aliphatic carbocycles. The number of hydrogen-bond acceptors (Lipinski definition) is 10. The first-order valence-corrected chi connectivity index (χ1v) is 18.6. The monoisotopic (exact) mass is 788 g/mol. The lowest BCUT2D eigenvalue weighted by Crippen LogP contribution is -2.12. The molecule has 0 saturated carbocycles. The molecule has 0 saturated heterocycles.